The van der Waals surface area contributed by atoms with Crippen LogP contribution in [0.2, 0.25) is 0 Å². The Kier molecular flexibility index (Phi) is 5.97. The number of hydrogen-bond donors (Lipinski definition) is 1. The van der Waals surface area contributed by atoms with Crippen molar-refractivity contribution in [1.82, 2.24) is 5.32 Å². The molecule has 0 heterocycles. The number of methoxy groups -OCH3 is 1. The third-order valence-electron chi connectivity index (χ3n) is 5.22. The Morgan fingerprint density at radius 1 is 0.944 bits per heavy atom. The quantitative estimate of drug-likeness (QED) is 0.805. The van der Waals surface area contributed by atoms with Gasteiger partial charge in [-0.1, -0.05) is 39.0 Å². The zero-order valence-corrected chi connectivity index (χ0v) is 12.3. The third-order valence-corrected chi connectivity index (χ3v) is 5.22. The molecule has 0 saturated heterocycles. The first-order chi connectivity index (χ1) is 8.83. The fourth-order valence-corrected chi connectivity index (χ4v) is 3.77. The predicted octanol–water partition coefficient (Wildman–Crippen LogP) is 3.75. The van der Waals surface area contributed by atoms with Crippen LogP contribution >= 0.6 is 0 Å². The lowest BCUT2D eigenvalue weighted by atomic mass is 9.80. The van der Waals surface area contributed by atoms with Crippen LogP contribution in [0.5, 0.6) is 0 Å². The van der Waals surface area contributed by atoms with E-state index >= 15 is 0 Å². The molecule has 2 atom stereocenters. The van der Waals surface area contributed by atoms with Crippen LogP contribution in [0, 0.1) is 11.8 Å². The maximum absolute atomic E-state index is 5.62. The van der Waals surface area contributed by atoms with E-state index in [4.69, 9.17) is 4.74 Å². The molecule has 0 bridgehead atoms. The van der Waals surface area contributed by atoms with Gasteiger partial charge in [0, 0.05) is 13.2 Å². The van der Waals surface area contributed by atoms with Gasteiger partial charge < -0.3 is 10.1 Å². The van der Waals surface area contributed by atoms with E-state index in [0.717, 1.165) is 11.8 Å². The first kappa shape index (κ1) is 14.3. The fourth-order valence-electron chi connectivity index (χ4n) is 3.77. The molecule has 2 heteroatoms. The zero-order chi connectivity index (χ0) is 12.8. The number of nitrogens with one attached hydrogen (secondary N) is 1. The highest BCUT2D eigenvalue weighted by molar-refractivity contribution is 4.83. The normalized spacial score (nSPS) is 37.7. The molecule has 0 aromatic rings. The summed E-state index contributed by atoms with van der Waals surface area (Å²) in [6.45, 7) is 3.56. The molecular formula is C16H31NO. The molecular weight excluding hydrogens is 222 g/mol. The Morgan fingerprint density at radius 2 is 1.61 bits per heavy atom. The molecule has 2 saturated carbocycles. The molecule has 2 unspecified atom stereocenters. The second-order valence-corrected chi connectivity index (χ2v) is 6.37. The van der Waals surface area contributed by atoms with E-state index in [1.54, 1.807) is 0 Å². The van der Waals surface area contributed by atoms with Crippen LogP contribution in [0.25, 0.3) is 0 Å². The minimum Gasteiger partial charge on any atom is -0.380 e. The van der Waals surface area contributed by atoms with E-state index in [-0.39, 0.29) is 0 Å². The van der Waals surface area contributed by atoms with E-state index < -0.39 is 0 Å². The van der Waals surface area contributed by atoms with Gasteiger partial charge in [-0.05, 0) is 44.1 Å². The van der Waals surface area contributed by atoms with Crippen molar-refractivity contribution in [3.8, 4) is 0 Å². The monoisotopic (exact) mass is 253 g/mol. The molecule has 1 N–H and O–H groups in total. The molecule has 0 spiro atoms. The van der Waals surface area contributed by atoms with Crippen molar-refractivity contribution in [2.75, 3.05) is 13.7 Å². The van der Waals surface area contributed by atoms with Gasteiger partial charge in [-0.15, -0.1) is 0 Å². The minimum absolute atomic E-state index is 0.464. The smallest absolute Gasteiger partial charge is 0.0724 e. The van der Waals surface area contributed by atoms with E-state index in [2.05, 4.69) is 12.2 Å². The van der Waals surface area contributed by atoms with Gasteiger partial charge in [-0.25, -0.2) is 0 Å². The van der Waals surface area contributed by atoms with E-state index in [0.29, 0.717) is 12.1 Å². The Labute approximate surface area is 113 Å². The standard InChI is InChI=1S/C16H31NO/c1-3-13-8-10-14(11-9-13)12-17-15-6-4-5-7-16(15)18-2/h13-17H,3-12H2,1-2H3. The van der Waals surface area contributed by atoms with Crippen LogP contribution in [-0.2, 0) is 4.74 Å². The Morgan fingerprint density at radius 3 is 2.28 bits per heavy atom. The van der Waals surface area contributed by atoms with Gasteiger partial charge in [0.05, 0.1) is 6.10 Å². The minimum atomic E-state index is 0.464. The van der Waals surface area contributed by atoms with Crippen LogP contribution in [0.3, 0.4) is 0 Å². The number of ether oxygens (including phenoxy) is 1. The van der Waals surface area contributed by atoms with Crippen LogP contribution in [0.4, 0.5) is 0 Å². The van der Waals surface area contributed by atoms with Crippen molar-refractivity contribution in [3.05, 3.63) is 0 Å². The molecule has 0 amide bonds. The summed E-state index contributed by atoms with van der Waals surface area (Å²) in [7, 11) is 1.87. The van der Waals surface area contributed by atoms with E-state index in [1.165, 1.54) is 64.3 Å². The second-order valence-electron chi connectivity index (χ2n) is 6.37. The lowest BCUT2D eigenvalue weighted by Crippen LogP contribution is -2.45. The van der Waals surface area contributed by atoms with E-state index in [1.807, 2.05) is 7.11 Å². The summed E-state index contributed by atoms with van der Waals surface area (Å²) in [5.41, 5.74) is 0. The highest BCUT2D eigenvalue weighted by Gasteiger charge is 2.26. The maximum atomic E-state index is 5.62. The number of rotatable bonds is 5. The molecule has 2 aliphatic rings. The van der Waals surface area contributed by atoms with Gasteiger partial charge in [0.1, 0.15) is 0 Å². The van der Waals surface area contributed by atoms with Gasteiger partial charge in [-0.3, -0.25) is 0 Å². The second kappa shape index (κ2) is 7.49. The molecule has 2 fully saturated rings. The van der Waals surface area contributed by atoms with Gasteiger partial charge >= 0.3 is 0 Å². The van der Waals surface area contributed by atoms with E-state index in [9.17, 15) is 0 Å². The molecule has 0 radical (unpaired) electrons. The van der Waals surface area contributed by atoms with Crippen LogP contribution in [-0.4, -0.2) is 25.8 Å². The first-order valence-electron chi connectivity index (χ1n) is 8.09. The lowest BCUT2D eigenvalue weighted by molar-refractivity contribution is 0.0396. The van der Waals surface area contributed by atoms with Crippen molar-refractivity contribution >= 4 is 0 Å². The SMILES string of the molecule is CCC1CCC(CNC2CCCCC2OC)CC1. The molecule has 2 nitrogen and oxygen atoms in total. The summed E-state index contributed by atoms with van der Waals surface area (Å²) in [6.07, 6.45) is 12.9. The Hall–Kier alpha value is -0.0800. The summed E-state index contributed by atoms with van der Waals surface area (Å²) >= 11 is 0. The molecule has 2 rings (SSSR count). The van der Waals surface area contributed by atoms with Crippen molar-refractivity contribution in [3.63, 3.8) is 0 Å². The highest BCUT2D eigenvalue weighted by atomic mass is 16.5. The first-order valence-corrected chi connectivity index (χ1v) is 8.09. The van der Waals surface area contributed by atoms with Crippen LogP contribution in [0.1, 0.15) is 64.7 Å². The summed E-state index contributed by atoms with van der Waals surface area (Å²) in [5, 5.41) is 3.80. The maximum Gasteiger partial charge on any atom is 0.0724 e. The lowest BCUT2D eigenvalue weighted by Gasteiger charge is -2.34. The van der Waals surface area contributed by atoms with Gasteiger partial charge in [-0.2, -0.15) is 0 Å². The summed E-state index contributed by atoms with van der Waals surface area (Å²) in [5.74, 6) is 1.94. The highest BCUT2D eigenvalue weighted by Crippen LogP contribution is 2.30. The van der Waals surface area contributed by atoms with Gasteiger partial charge in [0.15, 0.2) is 0 Å². The number of hydrogen-bond acceptors (Lipinski definition) is 2. The van der Waals surface area contributed by atoms with Gasteiger partial charge in [0.25, 0.3) is 0 Å². The van der Waals surface area contributed by atoms with Crippen molar-refractivity contribution < 1.29 is 4.74 Å². The average Bonchev–Trinajstić information content (AvgIpc) is 2.46. The molecule has 0 aromatic heterocycles. The van der Waals surface area contributed by atoms with Crippen molar-refractivity contribution in [1.29, 1.82) is 0 Å². The largest absolute Gasteiger partial charge is 0.380 e. The molecule has 106 valence electrons. The molecule has 0 aliphatic heterocycles. The molecule has 18 heavy (non-hydrogen) atoms. The summed E-state index contributed by atoms with van der Waals surface area (Å²) in [4.78, 5) is 0. The van der Waals surface area contributed by atoms with Gasteiger partial charge in [0.2, 0.25) is 0 Å². The Balaban J connectivity index is 1.67. The molecule has 0 aromatic carbocycles. The summed E-state index contributed by atoms with van der Waals surface area (Å²) in [6, 6.07) is 0.618. The topological polar surface area (TPSA) is 21.3 Å². The zero-order valence-electron chi connectivity index (χ0n) is 12.3. The fraction of sp³-hybridized carbons (Fsp3) is 1.00. The molecule has 2 aliphatic carbocycles. The van der Waals surface area contributed by atoms with Crippen molar-refractivity contribution in [2.45, 2.75) is 76.9 Å². The average molecular weight is 253 g/mol. The summed E-state index contributed by atoms with van der Waals surface area (Å²) < 4.78 is 5.62. The predicted molar refractivity (Wildman–Crippen MR) is 76.8 cm³/mol. The van der Waals surface area contributed by atoms with Crippen LogP contribution < -0.4 is 5.32 Å². The van der Waals surface area contributed by atoms with Crippen LogP contribution in [0.15, 0.2) is 0 Å². The Bertz CT molecular complexity index is 223. The third kappa shape index (κ3) is 3.96. The van der Waals surface area contributed by atoms with Crippen molar-refractivity contribution in [2.24, 2.45) is 11.8 Å².